The summed E-state index contributed by atoms with van der Waals surface area (Å²) in [6, 6.07) is 9.56. The fourth-order valence-electron chi connectivity index (χ4n) is 3.14. The Morgan fingerprint density at radius 1 is 1.24 bits per heavy atom. The van der Waals surface area contributed by atoms with E-state index >= 15 is 8.87 Å². The Kier molecular flexibility index (Phi) is 6.00. The Morgan fingerprint density at radius 3 is 2.48 bits per heavy atom. The minimum absolute atomic E-state index is 0.0171. The number of halogens is 4. The molecule has 2 aromatic rings. The second kappa shape index (κ2) is 8.31. The van der Waals surface area contributed by atoms with Gasteiger partial charge in [-0.15, -0.1) is 0 Å². The van der Waals surface area contributed by atoms with Gasteiger partial charge in [0.2, 0.25) is 0 Å². The number of rotatable bonds is 5. The van der Waals surface area contributed by atoms with Crippen molar-refractivity contribution in [2.75, 3.05) is 7.11 Å². The molecule has 152 valence electrons. The minimum Gasteiger partial charge on any atom is -0.492 e. The maximum Gasteiger partial charge on any atom is 0.334 e. The van der Waals surface area contributed by atoms with Gasteiger partial charge in [-0.25, -0.2) is 9.18 Å². The van der Waals surface area contributed by atoms with Crippen molar-refractivity contribution in [2.24, 2.45) is 5.73 Å². The number of allylic oxidation sites excluding steroid dienone is 1. The van der Waals surface area contributed by atoms with Crippen molar-refractivity contribution in [3.63, 3.8) is 0 Å². The third kappa shape index (κ3) is 3.75. The summed E-state index contributed by atoms with van der Waals surface area (Å²) >= 11 is 12.0. The van der Waals surface area contributed by atoms with Crippen LogP contribution in [0.3, 0.4) is 0 Å². The van der Waals surface area contributed by atoms with Gasteiger partial charge in [0.15, 0.2) is 17.6 Å². The second-order valence-corrected chi connectivity index (χ2v) is 7.06. The molecule has 0 aliphatic carbocycles. The van der Waals surface area contributed by atoms with Gasteiger partial charge in [-0.1, -0.05) is 58.0 Å². The molecule has 29 heavy (non-hydrogen) atoms. The van der Waals surface area contributed by atoms with Crippen LogP contribution >= 0.6 is 23.2 Å². The number of carbonyl (C=O) groups is 1. The third-order valence-corrected chi connectivity index (χ3v) is 5.22. The van der Waals surface area contributed by atoms with Crippen LogP contribution in [0.5, 0.6) is 5.75 Å². The molecule has 0 aromatic heterocycles. The van der Waals surface area contributed by atoms with Gasteiger partial charge in [0.1, 0.15) is 0 Å². The van der Waals surface area contributed by atoms with Crippen molar-refractivity contribution in [1.29, 1.82) is 0 Å². The molecule has 1 aliphatic heterocycles. The fourth-order valence-corrected chi connectivity index (χ4v) is 3.66. The topological polar surface area (TPSA) is 75.8 Å². The zero-order valence-electron chi connectivity index (χ0n) is 15.1. The van der Waals surface area contributed by atoms with E-state index in [0.717, 1.165) is 5.56 Å². The molecule has 9 heteroatoms. The Hall–Kier alpha value is -2.77. The molecule has 1 unspecified atom stereocenters. The quantitative estimate of drug-likeness (QED) is 0.669. The van der Waals surface area contributed by atoms with E-state index in [-0.39, 0.29) is 44.8 Å². The van der Waals surface area contributed by atoms with Crippen LogP contribution in [-0.4, -0.2) is 29.3 Å². The first-order valence-corrected chi connectivity index (χ1v) is 9.16. The van der Waals surface area contributed by atoms with E-state index in [2.05, 4.69) is 0 Å². The van der Waals surface area contributed by atoms with Crippen molar-refractivity contribution in [2.45, 2.75) is 12.5 Å². The molecule has 3 N–H and O–H groups in total. The van der Waals surface area contributed by atoms with Crippen molar-refractivity contribution in [1.82, 2.24) is 5.12 Å². The van der Waals surface area contributed by atoms with E-state index in [1.807, 2.05) is 0 Å². The molecule has 1 aliphatic rings. The summed E-state index contributed by atoms with van der Waals surface area (Å²) in [5.41, 5.74) is 6.25. The molecule has 5 nitrogen and oxygen atoms in total. The molecule has 1 heterocycles. The van der Waals surface area contributed by atoms with Crippen LogP contribution in [-0.2, 0) is 11.2 Å². The average Bonchev–Trinajstić information content (AvgIpc) is 2.68. The van der Waals surface area contributed by atoms with E-state index < -0.39 is 22.9 Å². The molecule has 2 aromatic carbocycles. The van der Waals surface area contributed by atoms with Crippen molar-refractivity contribution < 1.29 is 23.5 Å². The molecule has 1 atom stereocenters. The summed E-state index contributed by atoms with van der Waals surface area (Å²) in [4.78, 5) is 11.6. The summed E-state index contributed by atoms with van der Waals surface area (Å²) in [6.45, 7) is 0. The Labute approximate surface area is 175 Å². The van der Waals surface area contributed by atoms with E-state index in [9.17, 15) is 9.90 Å². The molecule has 0 bridgehead atoms. The number of benzene rings is 2. The van der Waals surface area contributed by atoms with Gasteiger partial charge >= 0.3 is 5.97 Å². The lowest BCUT2D eigenvalue weighted by Crippen LogP contribution is -2.40. The molecular formula is C20H16Cl2F2N2O3. The smallest absolute Gasteiger partial charge is 0.334 e. The summed E-state index contributed by atoms with van der Waals surface area (Å²) in [5, 5.41) is 8.93. The SMILES string of the molecule is COc1c(Cl)ccc(C2=C(Cc3ccccc3)C(N)=C(Cl)C(C(=O)O)N2F)c1F. The first-order valence-electron chi connectivity index (χ1n) is 8.40. The number of aliphatic carboxylic acids is 1. The summed E-state index contributed by atoms with van der Waals surface area (Å²) in [5.74, 6) is -2.81. The average molecular weight is 441 g/mol. The predicted octanol–water partition coefficient (Wildman–Crippen LogP) is 4.50. The maximum atomic E-state index is 15.3. The first-order chi connectivity index (χ1) is 13.8. The van der Waals surface area contributed by atoms with Gasteiger partial charge in [0.25, 0.3) is 0 Å². The molecule has 0 saturated heterocycles. The zero-order chi connectivity index (χ0) is 21.3. The number of carboxylic acid groups (broad SMARTS) is 1. The first kappa shape index (κ1) is 21.0. The van der Waals surface area contributed by atoms with Gasteiger partial charge in [-0.05, 0) is 17.7 Å². The highest BCUT2D eigenvalue weighted by Gasteiger charge is 2.40. The third-order valence-electron chi connectivity index (χ3n) is 4.51. The molecular weight excluding hydrogens is 425 g/mol. The van der Waals surface area contributed by atoms with Crippen LogP contribution in [0.25, 0.3) is 5.70 Å². The molecule has 0 fully saturated rings. The Bertz CT molecular complexity index is 1030. The summed E-state index contributed by atoms with van der Waals surface area (Å²) < 4.78 is 35.4. The molecule has 0 saturated carbocycles. The standard InChI is InChI=1S/C20H16Cl2F2N2O3/c1-29-19-13(21)8-7-11(15(19)23)17-12(9-10-5-3-2-4-6-10)16(25)14(22)18(20(27)28)26(17)24/h2-8,18H,9,25H2,1H3,(H,27,28). The highest BCUT2D eigenvalue weighted by molar-refractivity contribution is 6.33. The van der Waals surface area contributed by atoms with E-state index in [4.69, 9.17) is 33.7 Å². The highest BCUT2D eigenvalue weighted by atomic mass is 35.5. The van der Waals surface area contributed by atoms with Crippen molar-refractivity contribution >= 4 is 34.9 Å². The minimum atomic E-state index is -1.91. The van der Waals surface area contributed by atoms with Gasteiger partial charge in [-0.2, -0.15) is 5.12 Å². The van der Waals surface area contributed by atoms with Gasteiger partial charge in [0, 0.05) is 17.6 Å². The molecule has 0 radical (unpaired) electrons. The summed E-state index contributed by atoms with van der Waals surface area (Å²) in [6.07, 6.45) is 0.0926. The highest BCUT2D eigenvalue weighted by Crippen LogP contribution is 2.42. The number of nitrogens with zero attached hydrogens (tertiary/aromatic N) is 1. The zero-order valence-corrected chi connectivity index (χ0v) is 16.6. The largest absolute Gasteiger partial charge is 0.492 e. The Balaban J connectivity index is 2.29. The van der Waals surface area contributed by atoms with Crippen LogP contribution in [0.1, 0.15) is 11.1 Å². The fraction of sp³-hybridized carbons (Fsp3) is 0.150. The van der Waals surface area contributed by atoms with Crippen molar-refractivity contribution in [3.8, 4) is 5.75 Å². The number of hydrogen-bond donors (Lipinski definition) is 2. The summed E-state index contributed by atoms with van der Waals surface area (Å²) in [7, 11) is 1.21. The number of carboxylic acids is 1. The lowest BCUT2D eigenvalue weighted by Gasteiger charge is -2.32. The number of hydrogen-bond acceptors (Lipinski definition) is 4. The molecule has 3 rings (SSSR count). The van der Waals surface area contributed by atoms with Crippen LogP contribution in [0.15, 0.2) is 58.8 Å². The van der Waals surface area contributed by atoms with Gasteiger partial charge < -0.3 is 15.6 Å². The van der Waals surface area contributed by atoms with E-state index in [1.54, 1.807) is 30.3 Å². The van der Waals surface area contributed by atoms with E-state index in [1.165, 1.54) is 19.2 Å². The van der Waals surface area contributed by atoms with Crippen molar-refractivity contribution in [3.05, 3.63) is 80.7 Å². The van der Waals surface area contributed by atoms with Crippen LogP contribution < -0.4 is 10.5 Å². The molecule has 0 spiro atoms. The number of ether oxygens (including phenoxy) is 1. The lowest BCUT2D eigenvalue weighted by atomic mass is 9.92. The van der Waals surface area contributed by atoms with Gasteiger partial charge in [-0.3, -0.25) is 0 Å². The normalized spacial score (nSPS) is 17.0. The Morgan fingerprint density at radius 2 is 1.90 bits per heavy atom. The lowest BCUT2D eigenvalue weighted by molar-refractivity contribution is -0.144. The number of nitrogens with two attached hydrogens (primary N) is 1. The van der Waals surface area contributed by atoms with Crippen LogP contribution in [0.4, 0.5) is 8.87 Å². The second-order valence-electron chi connectivity index (χ2n) is 6.25. The van der Waals surface area contributed by atoms with Crippen LogP contribution in [0, 0.1) is 5.82 Å². The molecule has 0 amide bonds. The van der Waals surface area contributed by atoms with Gasteiger partial charge in [0.05, 0.1) is 28.6 Å². The van der Waals surface area contributed by atoms with E-state index in [0.29, 0.717) is 0 Å². The van der Waals surface area contributed by atoms with Crippen LogP contribution in [0.2, 0.25) is 5.02 Å². The monoisotopic (exact) mass is 440 g/mol. The number of methoxy groups -OCH3 is 1. The maximum absolute atomic E-state index is 15.3. The predicted molar refractivity (Wildman–Crippen MR) is 106 cm³/mol.